The molecule has 6 heteroatoms. The van der Waals surface area contributed by atoms with Gasteiger partial charge in [0.15, 0.2) is 0 Å². The zero-order valence-electron chi connectivity index (χ0n) is 6.90. The molecule has 74 valence electrons. The molecule has 1 nitrogen and oxygen atoms in total. The highest BCUT2D eigenvalue weighted by molar-refractivity contribution is 6.76. The molecule has 0 saturated heterocycles. The topological polar surface area (TPSA) is 15.8 Å². The van der Waals surface area contributed by atoms with Gasteiger partial charge in [-0.05, 0) is 12.1 Å². The number of halogens is 4. The van der Waals surface area contributed by atoms with E-state index in [0.717, 1.165) is 6.07 Å². The molecule has 2 rings (SSSR count). The molecule has 1 aromatic heterocycles. The Morgan fingerprint density at radius 3 is 2.57 bits per heavy atom. The largest absolute Gasteiger partial charge is 0.511 e. The van der Waals surface area contributed by atoms with E-state index in [4.69, 9.17) is 11.6 Å². The normalized spacial score (nSPS) is 12.3. The van der Waals surface area contributed by atoms with Gasteiger partial charge in [-0.15, -0.1) is 0 Å². The quantitative estimate of drug-likeness (QED) is 0.709. The van der Waals surface area contributed by atoms with E-state index in [1.807, 2.05) is 0 Å². The summed E-state index contributed by atoms with van der Waals surface area (Å²) in [5.74, 6) is 0. The minimum absolute atomic E-state index is 0.246. The lowest BCUT2D eigenvalue weighted by atomic mass is 9.80. The van der Waals surface area contributed by atoms with Crippen molar-refractivity contribution in [3.63, 3.8) is 0 Å². The first-order valence-corrected chi connectivity index (χ1v) is 4.33. The standard InChI is InChI=1S/C8H5BClF3N/c10-7-3-5-1-2-14-8(5)4-6(7)9(11,12)13/h1-4,14H/q-1. The summed E-state index contributed by atoms with van der Waals surface area (Å²) in [5.41, 5.74) is -0.301. The van der Waals surface area contributed by atoms with Crippen LogP contribution in [0, 0.1) is 0 Å². The summed E-state index contributed by atoms with van der Waals surface area (Å²) < 4.78 is 37.3. The monoisotopic (exact) mass is 218 g/mol. The highest BCUT2D eigenvalue weighted by atomic mass is 35.5. The number of rotatable bonds is 1. The van der Waals surface area contributed by atoms with Gasteiger partial charge in [0, 0.05) is 22.1 Å². The van der Waals surface area contributed by atoms with E-state index in [9.17, 15) is 12.9 Å². The lowest BCUT2D eigenvalue weighted by Crippen LogP contribution is -2.34. The number of hydrogen-bond acceptors (Lipinski definition) is 0. The predicted molar refractivity (Wildman–Crippen MR) is 52.0 cm³/mol. The number of fused-ring (bicyclic) bond motifs is 1. The average molecular weight is 218 g/mol. The van der Waals surface area contributed by atoms with Crippen molar-refractivity contribution in [2.24, 2.45) is 0 Å². The van der Waals surface area contributed by atoms with Crippen LogP contribution in [0.15, 0.2) is 24.4 Å². The first-order valence-electron chi connectivity index (χ1n) is 3.95. The third-order valence-corrected chi connectivity index (χ3v) is 2.35. The number of aromatic amines is 1. The van der Waals surface area contributed by atoms with Crippen LogP contribution < -0.4 is 5.46 Å². The van der Waals surface area contributed by atoms with Gasteiger partial charge in [0.25, 0.3) is 0 Å². The van der Waals surface area contributed by atoms with Crippen molar-refractivity contribution in [1.82, 2.24) is 4.98 Å². The summed E-state index contributed by atoms with van der Waals surface area (Å²) in [6.07, 6.45) is 1.58. The molecule has 14 heavy (non-hydrogen) atoms. The SMILES string of the molecule is F[B-](F)(F)c1cc2[nH]ccc2cc1Cl. The van der Waals surface area contributed by atoms with Gasteiger partial charge in [-0.1, -0.05) is 23.1 Å². The van der Waals surface area contributed by atoms with Crippen LogP contribution in [-0.2, 0) is 0 Å². The first kappa shape index (κ1) is 9.46. The summed E-state index contributed by atoms with van der Waals surface area (Å²) in [7, 11) is 0. The number of nitrogens with one attached hydrogen (secondary N) is 1. The Bertz CT molecular complexity index is 477. The van der Waals surface area contributed by atoms with Crippen LogP contribution in [0.3, 0.4) is 0 Å². The van der Waals surface area contributed by atoms with Crippen molar-refractivity contribution in [2.75, 3.05) is 0 Å². The average Bonchev–Trinajstić information content (AvgIpc) is 2.47. The van der Waals surface area contributed by atoms with Gasteiger partial charge in [-0.2, -0.15) is 0 Å². The zero-order chi connectivity index (χ0) is 10.3. The van der Waals surface area contributed by atoms with Crippen LogP contribution in [-0.4, -0.2) is 12.0 Å². The molecule has 0 amide bonds. The molecule has 0 fully saturated rings. The van der Waals surface area contributed by atoms with Crippen LogP contribution in [0.5, 0.6) is 0 Å². The maximum atomic E-state index is 12.4. The molecule has 0 radical (unpaired) electrons. The van der Waals surface area contributed by atoms with Crippen molar-refractivity contribution in [3.05, 3.63) is 29.4 Å². The molecule has 2 aromatic rings. The van der Waals surface area contributed by atoms with Gasteiger partial charge in [-0.25, -0.2) is 0 Å². The number of hydrogen-bond donors (Lipinski definition) is 1. The highest BCUT2D eigenvalue weighted by Gasteiger charge is 2.28. The molecule has 0 spiro atoms. The number of H-pyrrole nitrogens is 1. The predicted octanol–water partition coefficient (Wildman–Crippen LogP) is 2.88. The number of benzene rings is 1. The van der Waals surface area contributed by atoms with Crippen molar-refractivity contribution < 1.29 is 12.9 Å². The summed E-state index contributed by atoms with van der Waals surface area (Å²) in [6.45, 7) is -5.04. The molecule has 0 bridgehead atoms. The van der Waals surface area contributed by atoms with Crippen LogP contribution in [0.4, 0.5) is 12.9 Å². The molecular formula is C8H5BClF3N-. The second-order valence-corrected chi connectivity index (χ2v) is 3.42. The first-order chi connectivity index (χ1) is 6.48. The molecule has 0 saturated carbocycles. The van der Waals surface area contributed by atoms with Gasteiger partial charge < -0.3 is 17.9 Å². The Morgan fingerprint density at radius 1 is 1.21 bits per heavy atom. The van der Waals surface area contributed by atoms with Gasteiger partial charge >= 0.3 is 6.98 Å². The fourth-order valence-corrected chi connectivity index (χ4v) is 1.64. The second kappa shape index (κ2) is 2.95. The third-order valence-electron chi connectivity index (χ3n) is 2.02. The van der Waals surface area contributed by atoms with Crippen LogP contribution in [0.25, 0.3) is 10.9 Å². The van der Waals surface area contributed by atoms with Gasteiger partial charge in [0.05, 0.1) is 0 Å². The maximum absolute atomic E-state index is 12.4. The lowest BCUT2D eigenvalue weighted by Gasteiger charge is -2.16. The van der Waals surface area contributed by atoms with Crippen LogP contribution >= 0.6 is 11.6 Å². The van der Waals surface area contributed by atoms with Gasteiger partial charge in [0.1, 0.15) is 0 Å². The third kappa shape index (κ3) is 1.48. The van der Waals surface area contributed by atoms with E-state index < -0.39 is 12.4 Å². The van der Waals surface area contributed by atoms with E-state index in [1.165, 1.54) is 6.07 Å². The highest BCUT2D eigenvalue weighted by Crippen LogP contribution is 2.21. The van der Waals surface area contributed by atoms with Crippen molar-refractivity contribution in [2.45, 2.75) is 0 Å². The molecule has 0 aliphatic heterocycles. The molecule has 0 aliphatic carbocycles. The minimum Gasteiger partial charge on any atom is -0.445 e. The van der Waals surface area contributed by atoms with Crippen LogP contribution in [0.2, 0.25) is 5.02 Å². The molecule has 0 atom stereocenters. The maximum Gasteiger partial charge on any atom is 0.511 e. The Kier molecular flexibility index (Phi) is 1.99. The lowest BCUT2D eigenvalue weighted by molar-refractivity contribution is 0.501. The molecular weight excluding hydrogens is 213 g/mol. The van der Waals surface area contributed by atoms with Crippen LogP contribution in [0.1, 0.15) is 0 Å². The van der Waals surface area contributed by atoms with E-state index in [2.05, 4.69) is 4.98 Å². The zero-order valence-corrected chi connectivity index (χ0v) is 7.65. The van der Waals surface area contributed by atoms with E-state index >= 15 is 0 Å². The smallest absolute Gasteiger partial charge is 0.445 e. The van der Waals surface area contributed by atoms with E-state index in [0.29, 0.717) is 10.9 Å². The molecule has 0 aliphatic rings. The minimum atomic E-state index is -5.04. The molecule has 1 heterocycles. The molecule has 0 unspecified atom stereocenters. The van der Waals surface area contributed by atoms with Crippen molar-refractivity contribution in [1.29, 1.82) is 0 Å². The Labute approximate surface area is 82.9 Å². The molecule has 1 aromatic carbocycles. The van der Waals surface area contributed by atoms with Gasteiger partial charge in [0.2, 0.25) is 0 Å². The van der Waals surface area contributed by atoms with Crippen molar-refractivity contribution >= 4 is 34.9 Å². The molecule has 1 N–H and O–H groups in total. The Hall–Kier alpha value is -1.10. The Morgan fingerprint density at radius 2 is 1.93 bits per heavy atom. The van der Waals surface area contributed by atoms with Gasteiger partial charge in [-0.3, -0.25) is 0 Å². The van der Waals surface area contributed by atoms with E-state index in [1.54, 1.807) is 12.3 Å². The summed E-state index contributed by atoms with van der Waals surface area (Å²) >= 11 is 5.53. The Balaban J connectivity index is 2.71. The summed E-state index contributed by atoms with van der Waals surface area (Å²) in [6, 6.07) is 4.03. The van der Waals surface area contributed by atoms with E-state index in [-0.39, 0.29) is 5.02 Å². The fraction of sp³-hybridized carbons (Fsp3) is 0. The summed E-state index contributed by atoms with van der Waals surface area (Å²) in [5, 5.41) is 0.434. The number of aromatic nitrogens is 1. The fourth-order valence-electron chi connectivity index (χ4n) is 1.34. The van der Waals surface area contributed by atoms with Crippen molar-refractivity contribution in [3.8, 4) is 0 Å². The summed E-state index contributed by atoms with van der Waals surface area (Å²) in [4.78, 5) is 2.71. The second-order valence-electron chi connectivity index (χ2n) is 3.01.